The molecule has 2 aromatic rings. The van der Waals surface area contributed by atoms with Gasteiger partial charge in [0.05, 0.1) is 11.4 Å². The van der Waals surface area contributed by atoms with E-state index in [1.807, 2.05) is 60.7 Å². The molecule has 0 aliphatic carbocycles. The van der Waals surface area contributed by atoms with Crippen LogP contribution in [0.4, 0.5) is 11.4 Å². The summed E-state index contributed by atoms with van der Waals surface area (Å²) in [6, 6.07) is 19.2. The molecule has 0 bridgehead atoms. The van der Waals surface area contributed by atoms with E-state index in [9.17, 15) is 0 Å². The van der Waals surface area contributed by atoms with Gasteiger partial charge >= 0.3 is 0 Å². The zero-order chi connectivity index (χ0) is 11.1. The molecule has 0 atom stereocenters. The summed E-state index contributed by atoms with van der Waals surface area (Å²) in [4.78, 5) is 4.14. The predicted octanol–water partition coefficient (Wildman–Crippen LogP) is 4.13. The molecule has 0 fully saturated rings. The number of para-hydroxylation sites is 1. The summed E-state index contributed by atoms with van der Waals surface area (Å²) in [6.45, 7) is 0. The highest BCUT2D eigenvalue weighted by Crippen LogP contribution is 2.11. The molecule has 78 valence electrons. The van der Waals surface area contributed by atoms with Crippen molar-refractivity contribution in [2.45, 2.75) is 0 Å². The maximum Gasteiger partial charge on any atom is 0.138 e. The molecule has 0 aromatic heterocycles. The predicted molar refractivity (Wildman–Crippen MR) is 65.6 cm³/mol. The smallest absolute Gasteiger partial charge is 0.138 e. The average molecular weight is 209 g/mol. The number of hydrogen-bond donors (Lipinski definition) is 0. The van der Waals surface area contributed by atoms with Crippen LogP contribution in [0, 0.1) is 0 Å². The van der Waals surface area contributed by atoms with Crippen LogP contribution in [0.5, 0.6) is 0 Å². The van der Waals surface area contributed by atoms with Gasteiger partial charge in [0.2, 0.25) is 0 Å². The first-order valence-electron chi connectivity index (χ1n) is 4.98. The molecule has 0 saturated heterocycles. The van der Waals surface area contributed by atoms with E-state index in [0.717, 1.165) is 11.4 Å². The quantitative estimate of drug-likeness (QED) is 0.414. The zero-order valence-electron chi connectivity index (χ0n) is 8.69. The van der Waals surface area contributed by atoms with Gasteiger partial charge in [-0.05, 0) is 24.3 Å². The summed E-state index contributed by atoms with van der Waals surface area (Å²) < 4.78 is 0. The highest BCUT2D eigenvalue weighted by molar-refractivity contribution is 5.61. The van der Waals surface area contributed by atoms with E-state index in [4.69, 9.17) is 0 Å². The molecule has 0 aliphatic rings. The van der Waals surface area contributed by atoms with Crippen molar-refractivity contribution in [1.29, 1.82) is 0 Å². The number of hydrogen-bond acceptors (Lipinski definition) is 2. The van der Waals surface area contributed by atoms with Gasteiger partial charge in [-0.25, -0.2) is 4.99 Å². The van der Waals surface area contributed by atoms with Gasteiger partial charge < -0.3 is 0 Å². The zero-order valence-corrected chi connectivity index (χ0v) is 8.69. The lowest BCUT2D eigenvalue weighted by Gasteiger charge is -1.89. The fourth-order valence-corrected chi connectivity index (χ4v) is 1.19. The van der Waals surface area contributed by atoms with Crippen molar-refractivity contribution in [2.75, 3.05) is 0 Å². The van der Waals surface area contributed by atoms with Gasteiger partial charge in [-0.2, -0.15) is 0 Å². The molecular formula is C13H11N3. The SMILES string of the molecule is C(=Nc1ccccc1)N=Nc1ccccc1. The number of azo groups is 1. The standard InChI is InChI=1S/C13H11N3/c1-3-7-12(8-4-1)14-11-15-16-13-9-5-2-6-10-13/h1-11H. The van der Waals surface area contributed by atoms with Crippen molar-refractivity contribution in [3.8, 4) is 0 Å². The Labute approximate surface area is 94.2 Å². The Morgan fingerprint density at radius 1 is 0.688 bits per heavy atom. The Balaban J connectivity index is 1.98. The number of aliphatic imine (C=N–C) groups is 1. The third-order valence-electron chi connectivity index (χ3n) is 1.94. The van der Waals surface area contributed by atoms with Crippen LogP contribution >= 0.6 is 0 Å². The third kappa shape index (κ3) is 3.13. The van der Waals surface area contributed by atoms with Gasteiger partial charge in [0, 0.05) is 0 Å². The minimum atomic E-state index is 0.821. The lowest BCUT2D eigenvalue weighted by Crippen LogP contribution is -1.66. The molecule has 0 N–H and O–H groups in total. The second kappa shape index (κ2) is 5.56. The number of nitrogens with zero attached hydrogens (tertiary/aromatic N) is 3. The molecule has 3 nitrogen and oxygen atoms in total. The summed E-state index contributed by atoms with van der Waals surface area (Å²) in [5.41, 5.74) is 1.69. The normalized spacial score (nSPS) is 11.2. The van der Waals surface area contributed by atoms with Gasteiger partial charge in [-0.1, -0.05) is 36.4 Å². The minimum absolute atomic E-state index is 0.821. The average Bonchev–Trinajstić information content (AvgIpc) is 2.37. The first-order chi connectivity index (χ1) is 7.95. The molecule has 0 unspecified atom stereocenters. The van der Waals surface area contributed by atoms with E-state index in [1.54, 1.807) is 0 Å². The molecule has 3 heteroatoms. The van der Waals surface area contributed by atoms with Gasteiger partial charge in [-0.3, -0.25) is 0 Å². The second-order valence-corrected chi connectivity index (χ2v) is 3.13. The van der Waals surface area contributed by atoms with E-state index in [1.165, 1.54) is 6.34 Å². The van der Waals surface area contributed by atoms with Crippen molar-refractivity contribution in [3.63, 3.8) is 0 Å². The molecule has 0 radical (unpaired) electrons. The third-order valence-corrected chi connectivity index (χ3v) is 1.94. The van der Waals surface area contributed by atoms with Crippen LogP contribution in [0.3, 0.4) is 0 Å². The van der Waals surface area contributed by atoms with Crippen LogP contribution in [0.15, 0.2) is 75.9 Å². The monoisotopic (exact) mass is 209 g/mol. The van der Waals surface area contributed by atoms with E-state index >= 15 is 0 Å². The van der Waals surface area contributed by atoms with E-state index in [0.29, 0.717) is 0 Å². The van der Waals surface area contributed by atoms with Crippen molar-refractivity contribution in [1.82, 2.24) is 0 Å². The molecule has 0 saturated carbocycles. The maximum absolute atomic E-state index is 4.14. The van der Waals surface area contributed by atoms with E-state index in [2.05, 4.69) is 15.2 Å². The highest BCUT2D eigenvalue weighted by atomic mass is 15.1. The van der Waals surface area contributed by atoms with Gasteiger partial charge in [-0.15, -0.1) is 10.2 Å². The number of benzene rings is 2. The van der Waals surface area contributed by atoms with Crippen molar-refractivity contribution in [2.24, 2.45) is 15.2 Å². The topological polar surface area (TPSA) is 37.1 Å². The van der Waals surface area contributed by atoms with Crippen LogP contribution in [0.2, 0.25) is 0 Å². The minimum Gasteiger partial charge on any atom is -0.235 e. The first-order valence-corrected chi connectivity index (χ1v) is 4.98. The summed E-state index contributed by atoms with van der Waals surface area (Å²) in [7, 11) is 0. The Hall–Kier alpha value is -2.29. The van der Waals surface area contributed by atoms with Crippen molar-refractivity contribution >= 4 is 17.7 Å². The fourth-order valence-electron chi connectivity index (χ4n) is 1.19. The van der Waals surface area contributed by atoms with Gasteiger partial charge in [0.25, 0.3) is 0 Å². The van der Waals surface area contributed by atoms with Crippen molar-refractivity contribution in [3.05, 3.63) is 60.7 Å². The summed E-state index contributed by atoms with van der Waals surface area (Å²) >= 11 is 0. The summed E-state index contributed by atoms with van der Waals surface area (Å²) in [5, 5.41) is 7.87. The molecular weight excluding hydrogens is 198 g/mol. The van der Waals surface area contributed by atoms with Gasteiger partial charge in [0.15, 0.2) is 0 Å². The van der Waals surface area contributed by atoms with Crippen LogP contribution in [0.25, 0.3) is 0 Å². The van der Waals surface area contributed by atoms with Gasteiger partial charge in [0.1, 0.15) is 6.34 Å². The largest absolute Gasteiger partial charge is 0.235 e. The van der Waals surface area contributed by atoms with Crippen LogP contribution < -0.4 is 0 Å². The molecule has 0 amide bonds. The van der Waals surface area contributed by atoms with Crippen molar-refractivity contribution < 1.29 is 0 Å². The summed E-state index contributed by atoms with van der Waals surface area (Å²) in [6.07, 6.45) is 1.45. The highest BCUT2D eigenvalue weighted by Gasteiger charge is 1.83. The Morgan fingerprint density at radius 3 is 1.88 bits per heavy atom. The van der Waals surface area contributed by atoms with Crippen LogP contribution in [-0.4, -0.2) is 6.34 Å². The molecule has 16 heavy (non-hydrogen) atoms. The number of rotatable bonds is 3. The van der Waals surface area contributed by atoms with E-state index < -0.39 is 0 Å². The Morgan fingerprint density at radius 2 is 1.25 bits per heavy atom. The molecule has 2 rings (SSSR count). The molecule has 2 aromatic carbocycles. The lowest BCUT2D eigenvalue weighted by molar-refractivity contribution is 1.29. The maximum atomic E-state index is 4.14. The Bertz CT molecular complexity index is 428. The lowest BCUT2D eigenvalue weighted by atomic mass is 10.3. The van der Waals surface area contributed by atoms with Crippen LogP contribution in [0.1, 0.15) is 0 Å². The molecule has 0 aliphatic heterocycles. The molecule has 0 spiro atoms. The fraction of sp³-hybridized carbons (Fsp3) is 0. The van der Waals surface area contributed by atoms with E-state index in [-0.39, 0.29) is 0 Å². The Kier molecular flexibility index (Phi) is 3.55. The first kappa shape index (κ1) is 10.2. The molecule has 0 heterocycles. The second-order valence-electron chi connectivity index (χ2n) is 3.13. The summed E-state index contributed by atoms with van der Waals surface area (Å²) in [5.74, 6) is 0. The van der Waals surface area contributed by atoms with Crippen LogP contribution in [-0.2, 0) is 0 Å².